The second-order valence-electron chi connectivity index (χ2n) is 26.3. The van der Waals surface area contributed by atoms with Crippen molar-refractivity contribution in [1.82, 2.24) is 31.9 Å². The molecule has 15 atom stereocenters. The summed E-state index contributed by atoms with van der Waals surface area (Å²) in [5.41, 5.74) is -2.09. The fourth-order valence-electron chi connectivity index (χ4n) is 10.4. The number of ketones is 2. The first-order valence-electron chi connectivity index (χ1n) is 34.9. The predicted molar refractivity (Wildman–Crippen MR) is 349 cm³/mol. The molecule has 35 heteroatoms. The Kier molecular flexibility index (Phi) is 44.7. The van der Waals surface area contributed by atoms with Crippen molar-refractivity contribution in [3.05, 3.63) is 0 Å². The number of carbonyl (C=O) groups is 8. The average Bonchev–Trinajstić information content (AvgIpc) is 0.830. The van der Waals surface area contributed by atoms with Gasteiger partial charge in [0.2, 0.25) is 35.4 Å². The fourth-order valence-corrected chi connectivity index (χ4v) is 10.4. The summed E-state index contributed by atoms with van der Waals surface area (Å²) < 4.78 is 50.4. The first-order valence-corrected chi connectivity index (χ1v) is 34.9. The molecule has 0 aromatic rings. The summed E-state index contributed by atoms with van der Waals surface area (Å²) in [7, 11) is 0. The van der Waals surface area contributed by atoms with Crippen LogP contribution in [0.3, 0.4) is 0 Å². The summed E-state index contributed by atoms with van der Waals surface area (Å²) >= 11 is 0. The van der Waals surface area contributed by atoms with Gasteiger partial charge < -0.3 is 136 Å². The standard InChI is InChI=1S/C65H116N6O29/c1-64(2,3)45(76)17-12-20-51(82)71-65(38-92-32-21-48(79)66-24-8-4-15-41(75)16-5-9-29-95-61-58(89)55(86)52(83)42(35-72)98-61,39-93-33-22-49(80)69-27-13-25-67-46(77)18-6-10-30-96-62-59(90)56(87)53(84)43(36-73)99-62)40-94-34-23-50(81)70-28-14-26-68-47(78)19-7-11-31-97-63-60(91)57(88)54(85)44(37-74)100-63/h42-44,52-63,72-74,83-91H,4-40H2,1-3H3,(H,66,79)(H,67,77)(H,68,78)(H,69,80)(H,70,81)(H,71,82)/t42?,43?,44?,52-,53-,54-,55+,56+,57+,58?,59?,60?,61-,62-,63-,65?/m1/s1. The van der Waals surface area contributed by atoms with Gasteiger partial charge in [0.25, 0.3) is 0 Å². The molecule has 3 aliphatic heterocycles. The molecule has 3 fully saturated rings. The van der Waals surface area contributed by atoms with Gasteiger partial charge in [0.15, 0.2) is 18.9 Å². The first-order chi connectivity index (χ1) is 47.7. The largest absolute Gasteiger partial charge is 0.394 e. The van der Waals surface area contributed by atoms with Gasteiger partial charge in [-0.3, -0.25) is 38.4 Å². The number of aliphatic hydroxyl groups excluding tert-OH is 12. The van der Waals surface area contributed by atoms with Gasteiger partial charge in [-0.1, -0.05) is 20.8 Å². The first kappa shape index (κ1) is 89.5. The second-order valence-corrected chi connectivity index (χ2v) is 26.3. The molecular formula is C65H116N6O29. The smallest absolute Gasteiger partial charge is 0.222 e. The fraction of sp³-hybridized carbons (Fsp3) is 0.877. The number of hydrogen-bond donors (Lipinski definition) is 18. The molecule has 0 aliphatic carbocycles. The van der Waals surface area contributed by atoms with Gasteiger partial charge in [-0.25, -0.2) is 0 Å². The van der Waals surface area contributed by atoms with Gasteiger partial charge in [0.05, 0.1) is 59.5 Å². The third-order valence-corrected chi connectivity index (χ3v) is 16.6. The Balaban J connectivity index is 1.49. The molecule has 3 heterocycles. The Morgan fingerprint density at radius 2 is 0.630 bits per heavy atom. The second kappa shape index (κ2) is 49.9. The lowest BCUT2D eigenvalue weighted by molar-refractivity contribution is -0.301. The van der Waals surface area contributed by atoms with Crippen LogP contribution >= 0.6 is 0 Å². The maximum absolute atomic E-state index is 13.7. The van der Waals surface area contributed by atoms with Gasteiger partial charge in [-0.15, -0.1) is 0 Å². The van der Waals surface area contributed by atoms with Crippen LogP contribution in [0.2, 0.25) is 0 Å². The van der Waals surface area contributed by atoms with E-state index in [9.17, 15) is 99.6 Å². The Labute approximate surface area is 583 Å². The maximum Gasteiger partial charge on any atom is 0.222 e. The highest BCUT2D eigenvalue weighted by Gasteiger charge is 2.46. The van der Waals surface area contributed by atoms with E-state index in [0.29, 0.717) is 64.2 Å². The molecule has 0 aromatic carbocycles. The predicted octanol–water partition coefficient (Wildman–Crippen LogP) is -5.09. The van der Waals surface area contributed by atoms with Gasteiger partial charge >= 0.3 is 0 Å². The quantitative estimate of drug-likeness (QED) is 0.0253. The Morgan fingerprint density at radius 3 is 0.960 bits per heavy atom. The topological polar surface area (TPSA) is 535 Å². The summed E-state index contributed by atoms with van der Waals surface area (Å²) in [6, 6.07) is 0. The Morgan fingerprint density at radius 1 is 0.330 bits per heavy atom. The van der Waals surface area contributed by atoms with Crippen LogP contribution in [0.25, 0.3) is 0 Å². The minimum atomic E-state index is -1.57. The molecule has 100 heavy (non-hydrogen) atoms. The van der Waals surface area contributed by atoms with Crippen LogP contribution in [0, 0.1) is 5.41 Å². The van der Waals surface area contributed by atoms with E-state index in [4.69, 9.17) is 42.6 Å². The summed E-state index contributed by atoms with van der Waals surface area (Å²) in [4.78, 5) is 103. The summed E-state index contributed by atoms with van der Waals surface area (Å²) in [6.45, 7) is 3.77. The molecular weight excluding hydrogens is 1330 g/mol. The molecule has 35 nitrogen and oxygen atoms in total. The van der Waals surface area contributed by atoms with Crippen LogP contribution in [0.1, 0.15) is 149 Å². The number of Topliss-reactive ketones (excluding diaryl/α,β-unsaturated/α-hetero) is 2. The molecule has 18 N–H and O–H groups in total. The maximum atomic E-state index is 13.7. The van der Waals surface area contributed by atoms with Crippen molar-refractivity contribution < 1.29 is 142 Å². The van der Waals surface area contributed by atoms with Crippen LogP contribution in [-0.2, 0) is 81.0 Å². The highest BCUT2D eigenvalue weighted by Crippen LogP contribution is 2.26. The van der Waals surface area contributed by atoms with Crippen LogP contribution in [0.5, 0.6) is 0 Å². The van der Waals surface area contributed by atoms with Crippen molar-refractivity contribution >= 4 is 47.0 Å². The molecule has 0 radical (unpaired) electrons. The van der Waals surface area contributed by atoms with Gasteiger partial charge in [0.1, 0.15) is 90.4 Å². The third kappa shape index (κ3) is 35.2. The number of unbranched alkanes of at least 4 members (excludes halogenated alkanes) is 4. The highest BCUT2D eigenvalue weighted by atomic mass is 16.7. The van der Waals surface area contributed by atoms with Crippen LogP contribution in [0.4, 0.5) is 0 Å². The molecule has 3 rings (SSSR count). The minimum absolute atomic E-state index is 0.00124. The van der Waals surface area contributed by atoms with Crippen molar-refractivity contribution in [1.29, 1.82) is 0 Å². The summed E-state index contributed by atoms with van der Waals surface area (Å²) in [5, 5.41) is 135. The van der Waals surface area contributed by atoms with E-state index in [0.717, 1.165) is 0 Å². The van der Waals surface area contributed by atoms with E-state index in [2.05, 4.69) is 31.9 Å². The monoisotopic (exact) mass is 1440 g/mol. The molecule has 0 aromatic heterocycles. The molecule has 3 aliphatic rings. The van der Waals surface area contributed by atoms with E-state index in [1.54, 1.807) is 20.8 Å². The highest BCUT2D eigenvalue weighted by molar-refractivity contribution is 5.84. The van der Waals surface area contributed by atoms with Gasteiger partial charge in [0, 0.05) is 116 Å². The van der Waals surface area contributed by atoms with Crippen molar-refractivity contribution in [3.63, 3.8) is 0 Å². The van der Waals surface area contributed by atoms with Gasteiger partial charge in [-0.2, -0.15) is 0 Å². The van der Waals surface area contributed by atoms with E-state index in [-0.39, 0.29) is 197 Å². The number of rotatable bonds is 54. The number of nitrogens with one attached hydrogen (secondary N) is 6. The Bertz CT molecular complexity index is 2150. The average molecular weight is 1450 g/mol. The zero-order chi connectivity index (χ0) is 74.0. The summed E-state index contributed by atoms with van der Waals surface area (Å²) in [6.07, 6.45) is -15.9. The number of aliphatic hydroxyl groups is 12. The molecule has 3 saturated heterocycles. The van der Waals surface area contributed by atoms with Crippen LogP contribution < -0.4 is 31.9 Å². The molecule has 0 bridgehead atoms. The van der Waals surface area contributed by atoms with Crippen LogP contribution in [0.15, 0.2) is 0 Å². The number of carbonyl (C=O) groups excluding carboxylic acids is 8. The zero-order valence-corrected chi connectivity index (χ0v) is 58.1. The molecule has 6 amide bonds. The van der Waals surface area contributed by atoms with E-state index >= 15 is 0 Å². The molecule has 0 spiro atoms. The molecule has 0 saturated carbocycles. The van der Waals surface area contributed by atoms with Crippen LogP contribution in [-0.4, -0.2) is 318 Å². The Hall–Kier alpha value is -4.68. The number of ether oxygens (including phenoxy) is 9. The zero-order valence-electron chi connectivity index (χ0n) is 58.1. The minimum Gasteiger partial charge on any atom is -0.394 e. The van der Waals surface area contributed by atoms with Gasteiger partial charge in [-0.05, 0) is 70.6 Å². The van der Waals surface area contributed by atoms with Crippen molar-refractivity contribution in [2.24, 2.45) is 5.41 Å². The van der Waals surface area contributed by atoms with Crippen molar-refractivity contribution in [2.45, 2.75) is 247 Å². The van der Waals surface area contributed by atoms with E-state index < -0.39 is 129 Å². The summed E-state index contributed by atoms with van der Waals surface area (Å²) in [5.74, 6) is -2.14. The molecule has 580 valence electrons. The number of hydrogen-bond acceptors (Lipinski definition) is 29. The lowest BCUT2D eigenvalue weighted by Gasteiger charge is -2.39. The van der Waals surface area contributed by atoms with Crippen molar-refractivity contribution in [3.8, 4) is 0 Å². The lowest BCUT2D eigenvalue weighted by atomic mass is 9.88. The molecule has 6 unspecified atom stereocenters. The number of amides is 6. The lowest BCUT2D eigenvalue weighted by Crippen LogP contribution is -2.59. The SMILES string of the molecule is CC(C)(C)C(=O)CCCC(=O)NC(COCCC(=O)NCCCCC(=O)CCCCO[C@@H]1OC(CO)[C@@H](O)[C@H](O)C1O)(COCCC(=O)NCCCNC(=O)CCCCO[C@@H]1OC(CO)[C@@H](O)[C@H](O)C1O)COCCC(=O)NCCCNC(=O)CCCCO[C@@H]1OC(CO)[C@@H](O)[C@H](O)C1O. The third-order valence-electron chi connectivity index (χ3n) is 16.6. The van der Waals surface area contributed by atoms with E-state index in [1.807, 2.05) is 0 Å². The van der Waals surface area contributed by atoms with Crippen molar-refractivity contribution in [2.75, 3.05) is 112 Å². The van der Waals surface area contributed by atoms with E-state index in [1.165, 1.54) is 0 Å². The normalized spacial score (nSPS) is 26.1.